The van der Waals surface area contributed by atoms with Crippen LogP contribution in [0.5, 0.6) is 0 Å². The SMILES string of the molecule is Cn1c(=O)c2ccccc2n2c(SCC(=O)c3ccc(Br)cc3)nnc12. The first-order valence-corrected chi connectivity index (χ1v) is 9.58. The molecule has 0 saturated heterocycles. The van der Waals surface area contributed by atoms with E-state index in [0.29, 0.717) is 21.9 Å². The molecule has 8 heteroatoms. The monoisotopic (exact) mass is 428 g/mol. The van der Waals surface area contributed by atoms with E-state index in [1.807, 2.05) is 34.7 Å². The largest absolute Gasteiger partial charge is 0.293 e. The standard InChI is InChI=1S/C18H13BrN4O2S/c1-22-16(25)13-4-2-3-5-14(13)23-17(22)20-21-18(23)26-10-15(24)11-6-8-12(19)9-7-11/h2-9H,10H2,1H3. The minimum absolute atomic E-state index is 0.00776. The van der Waals surface area contributed by atoms with Gasteiger partial charge < -0.3 is 0 Å². The molecule has 0 aliphatic heterocycles. The number of carbonyl (C=O) groups is 1. The van der Waals surface area contributed by atoms with E-state index in [2.05, 4.69) is 26.1 Å². The Labute approximate surface area is 161 Å². The maximum absolute atomic E-state index is 12.4. The molecule has 4 rings (SSSR count). The Bertz CT molecular complexity index is 1200. The summed E-state index contributed by atoms with van der Waals surface area (Å²) in [4.78, 5) is 24.9. The van der Waals surface area contributed by atoms with Gasteiger partial charge in [0.15, 0.2) is 10.9 Å². The van der Waals surface area contributed by atoms with E-state index in [4.69, 9.17) is 0 Å². The predicted molar refractivity (Wildman–Crippen MR) is 105 cm³/mol. The van der Waals surface area contributed by atoms with Gasteiger partial charge in [0.05, 0.1) is 16.7 Å². The van der Waals surface area contributed by atoms with Crippen LogP contribution in [0.4, 0.5) is 0 Å². The Morgan fingerprint density at radius 3 is 2.62 bits per heavy atom. The normalized spacial score (nSPS) is 11.3. The van der Waals surface area contributed by atoms with Gasteiger partial charge in [0.2, 0.25) is 5.78 Å². The Kier molecular flexibility index (Phi) is 4.37. The first-order valence-electron chi connectivity index (χ1n) is 7.80. The number of fused-ring (bicyclic) bond motifs is 3. The lowest BCUT2D eigenvalue weighted by Crippen LogP contribution is -2.20. The van der Waals surface area contributed by atoms with Gasteiger partial charge in [-0.05, 0) is 24.3 Å². The zero-order chi connectivity index (χ0) is 18.3. The average molecular weight is 429 g/mol. The van der Waals surface area contributed by atoms with Gasteiger partial charge in [-0.1, -0.05) is 52.0 Å². The van der Waals surface area contributed by atoms with Crippen molar-refractivity contribution >= 4 is 50.2 Å². The van der Waals surface area contributed by atoms with Crippen molar-refractivity contribution in [3.63, 3.8) is 0 Å². The molecule has 2 heterocycles. The minimum Gasteiger partial charge on any atom is -0.293 e. The average Bonchev–Trinajstić information content (AvgIpc) is 3.09. The molecule has 26 heavy (non-hydrogen) atoms. The molecule has 4 aromatic rings. The molecule has 0 radical (unpaired) electrons. The van der Waals surface area contributed by atoms with Crippen LogP contribution in [-0.4, -0.2) is 30.7 Å². The Balaban J connectivity index is 1.72. The summed E-state index contributed by atoms with van der Waals surface area (Å²) in [6.07, 6.45) is 0. The highest BCUT2D eigenvalue weighted by Crippen LogP contribution is 2.22. The molecule has 0 spiro atoms. The molecule has 0 aliphatic carbocycles. The number of hydrogen-bond donors (Lipinski definition) is 0. The van der Waals surface area contributed by atoms with Gasteiger partial charge in [-0.25, -0.2) is 0 Å². The lowest BCUT2D eigenvalue weighted by atomic mass is 10.2. The fourth-order valence-corrected chi connectivity index (χ4v) is 3.85. The highest BCUT2D eigenvalue weighted by Gasteiger charge is 2.16. The van der Waals surface area contributed by atoms with Crippen LogP contribution in [0, 0.1) is 0 Å². The third kappa shape index (κ3) is 2.85. The summed E-state index contributed by atoms with van der Waals surface area (Å²) in [5.41, 5.74) is 1.25. The summed E-state index contributed by atoms with van der Waals surface area (Å²) >= 11 is 4.67. The summed E-state index contributed by atoms with van der Waals surface area (Å²) in [7, 11) is 1.67. The molecule has 0 unspecified atom stereocenters. The van der Waals surface area contributed by atoms with Crippen molar-refractivity contribution in [3.05, 3.63) is 68.9 Å². The number of para-hydroxylation sites is 1. The van der Waals surface area contributed by atoms with Crippen molar-refractivity contribution in [2.75, 3.05) is 5.75 Å². The second-order valence-electron chi connectivity index (χ2n) is 5.72. The molecule has 0 atom stereocenters. The highest BCUT2D eigenvalue weighted by molar-refractivity contribution is 9.10. The van der Waals surface area contributed by atoms with E-state index in [0.717, 1.165) is 9.99 Å². The Morgan fingerprint density at radius 1 is 1.12 bits per heavy atom. The van der Waals surface area contributed by atoms with Gasteiger partial charge in [0.25, 0.3) is 5.56 Å². The highest BCUT2D eigenvalue weighted by atomic mass is 79.9. The third-order valence-corrected chi connectivity index (χ3v) is 5.55. The summed E-state index contributed by atoms with van der Waals surface area (Å²) in [6, 6.07) is 14.6. The first kappa shape index (κ1) is 17.0. The fraction of sp³-hybridized carbons (Fsp3) is 0.111. The molecule has 0 fully saturated rings. The third-order valence-electron chi connectivity index (χ3n) is 4.09. The van der Waals surface area contributed by atoms with Crippen LogP contribution in [-0.2, 0) is 7.05 Å². The molecule has 6 nitrogen and oxygen atoms in total. The van der Waals surface area contributed by atoms with Crippen molar-refractivity contribution in [2.45, 2.75) is 5.16 Å². The number of thioether (sulfide) groups is 1. The topological polar surface area (TPSA) is 69.3 Å². The second kappa shape index (κ2) is 6.69. The zero-order valence-electron chi connectivity index (χ0n) is 13.7. The van der Waals surface area contributed by atoms with Crippen molar-refractivity contribution in [1.82, 2.24) is 19.2 Å². The van der Waals surface area contributed by atoms with Crippen LogP contribution in [0.15, 0.2) is 63.0 Å². The number of carbonyl (C=O) groups excluding carboxylic acids is 1. The number of ketones is 1. The maximum atomic E-state index is 12.4. The molecule has 2 aromatic heterocycles. The smallest absolute Gasteiger partial charge is 0.262 e. The quantitative estimate of drug-likeness (QED) is 0.368. The fourth-order valence-electron chi connectivity index (χ4n) is 2.75. The number of hydrogen-bond acceptors (Lipinski definition) is 5. The van der Waals surface area contributed by atoms with E-state index >= 15 is 0 Å². The van der Waals surface area contributed by atoms with Gasteiger partial charge in [0.1, 0.15) is 0 Å². The van der Waals surface area contributed by atoms with Gasteiger partial charge in [-0.3, -0.25) is 18.6 Å². The maximum Gasteiger partial charge on any atom is 0.262 e. The number of aromatic nitrogens is 4. The number of nitrogens with zero attached hydrogens (tertiary/aromatic N) is 4. The van der Waals surface area contributed by atoms with Crippen LogP contribution in [0.3, 0.4) is 0 Å². The van der Waals surface area contributed by atoms with E-state index in [-0.39, 0.29) is 17.1 Å². The number of halogens is 1. The number of benzene rings is 2. The van der Waals surface area contributed by atoms with Crippen molar-refractivity contribution in [1.29, 1.82) is 0 Å². The summed E-state index contributed by atoms with van der Waals surface area (Å²) in [5, 5.41) is 9.48. The molecule has 0 bridgehead atoms. The van der Waals surface area contributed by atoms with Gasteiger partial charge in [0, 0.05) is 17.1 Å². The summed E-state index contributed by atoms with van der Waals surface area (Å²) in [6.45, 7) is 0. The van der Waals surface area contributed by atoms with Crippen LogP contribution in [0.25, 0.3) is 16.7 Å². The Morgan fingerprint density at radius 2 is 1.85 bits per heavy atom. The van der Waals surface area contributed by atoms with Crippen molar-refractivity contribution < 1.29 is 4.79 Å². The van der Waals surface area contributed by atoms with E-state index < -0.39 is 0 Å². The molecule has 0 N–H and O–H groups in total. The lowest BCUT2D eigenvalue weighted by molar-refractivity contribution is 0.102. The molecule has 2 aromatic carbocycles. The number of Topliss-reactive ketones (excluding diaryl/α,β-unsaturated/α-hetero) is 1. The molecular weight excluding hydrogens is 416 g/mol. The molecular formula is C18H13BrN4O2S. The predicted octanol–water partition coefficient (Wildman–Crippen LogP) is 3.32. The molecule has 130 valence electrons. The van der Waals surface area contributed by atoms with Crippen LogP contribution >= 0.6 is 27.7 Å². The molecule has 0 amide bonds. The first-order chi connectivity index (χ1) is 12.6. The van der Waals surface area contributed by atoms with Crippen LogP contribution in [0.2, 0.25) is 0 Å². The van der Waals surface area contributed by atoms with Crippen molar-refractivity contribution in [3.8, 4) is 0 Å². The lowest BCUT2D eigenvalue weighted by Gasteiger charge is -2.07. The minimum atomic E-state index is -0.122. The summed E-state index contributed by atoms with van der Waals surface area (Å²) in [5.74, 6) is 0.695. The Hall–Kier alpha value is -2.45. The zero-order valence-corrected chi connectivity index (χ0v) is 16.1. The molecule has 0 aliphatic rings. The van der Waals surface area contributed by atoms with Crippen LogP contribution in [0.1, 0.15) is 10.4 Å². The van der Waals surface area contributed by atoms with Gasteiger partial charge in [-0.2, -0.15) is 0 Å². The summed E-state index contributed by atoms with van der Waals surface area (Å²) < 4.78 is 4.21. The van der Waals surface area contributed by atoms with E-state index in [1.54, 1.807) is 25.2 Å². The van der Waals surface area contributed by atoms with E-state index in [9.17, 15) is 9.59 Å². The molecule has 0 saturated carbocycles. The number of rotatable bonds is 4. The van der Waals surface area contributed by atoms with Crippen molar-refractivity contribution in [2.24, 2.45) is 7.05 Å². The van der Waals surface area contributed by atoms with Gasteiger partial charge >= 0.3 is 0 Å². The number of aryl methyl sites for hydroxylation is 1. The second-order valence-corrected chi connectivity index (χ2v) is 7.58. The van der Waals surface area contributed by atoms with Crippen LogP contribution < -0.4 is 5.56 Å². The van der Waals surface area contributed by atoms with E-state index in [1.165, 1.54) is 16.3 Å². The van der Waals surface area contributed by atoms with Gasteiger partial charge in [-0.15, -0.1) is 10.2 Å².